The third kappa shape index (κ3) is 3.99. The molecule has 1 amide bonds. The van der Waals surface area contributed by atoms with Crippen molar-refractivity contribution in [2.24, 2.45) is 0 Å². The van der Waals surface area contributed by atoms with Crippen LogP contribution in [-0.4, -0.2) is 51.5 Å². The summed E-state index contributed by atoms with van der Waals surface area (Å²) >= 11 is 3.49. The average Bonchev–Trinajstić information content (AvgIpc) is 2.73. The highest BCUT2D eigenvalue weighted by molar-refractivity contribution is 9.10. The summed E-state index contributed by atoms with van der Waals surface area (Å²) in [5.41, 5.74) is 3.03. The maximum absolute atomic E-state index is 13.3. The number of morpholine rings is 1. The molecule has 0 aromatic heterocycles. The minimum atomic E-state index is -3.67. The summed E-state index contributed by atoms with van der Waals surface area (Å²) in [5, 5.41) is 0. The molecule has 0 bridgehead atoms. The molecule has 0 saturated carbocycles. The molecule has 2 aromatic rings. The molecular weight excluding hydrogens is 456 g/mol. The summed E-state index contributed by atoms with van der Waals surface area (Å²) in [5.74, 6) is -0.174. The predicted octanol–water partition coefficient (Wildman–Crippen LogP) is 3.37. The van der Waals surface area contributed by atoms with Gasteiger partial charge >= 0.3 is 0 Å². The number of sulfonamides is 1. The summed E-state index contributed by atoms with van der Waals surface area (Å²) < 4.78 is 34.0. The number of ether oxygens (including phenoxy) is 1. The highest BCUT2D eigenvalue weighted by Crippen LogP contribution is 2.31. The van der Waals surface area contributed by atoms with Crippen LogP contribution in [0.5, 0.6) is 0 Å². The van der Waals surface area contributed by atoms with E-state index in [-0.39, 0.29) is 10.8 Å². The van der Waals surface area contributed by atoms with Crippen LogP contribution in [0.3, 0.4) is 0 Å². The standard InChI is InChI=1S/C21H23BrN2O4S/c1-15-4-5-17(14-20(15)29(26,27)23-9-11-28-12-10-23)21(25)24-8-2-3-16-13-18(22)6-7-19(16)24/h4-7,13-14H,2-3,8-12H2,1H3. The monoisotopic (exact) mass is 478 g/mol. The first kappa shape index (κ1) is 20.5. The maximum Gasteiger partial charge on any atom is 0.258 e. The van der Waals surface area contributed by atoms with Gasteiger partial charge in [-0.1, -0.05) is 22.0 Å². The van der Waals surface area contributed by atoms with Crippen LogP contribution < -0.4 is 4.90 Å². The second-order valence-corrected chi connectivity index (χ2v) is 10.2. The fourth-order valence-electron chi connectivity index (χ4n) is 3.87. The van der Waals surface area contributed by atoms with Crippen LogP contribution in [0.15, 0.2) is 45.8 Å². The number of hydrogen-bond donors (Lipinski definition) is 0. The van der Waals surface area contributed by atoms with Gasteiger partial charge in [0.15, 0.2) is 0 Å². The molecule has 6 nitrogen and oxygen atoms in total. The predicted molar refractivity (Wildman–Crippen MR) is 115 cm³/mol. The number of halogens is 1. The first-order chi connectivity index (χ1) is 13.9. The topological polar surface area (TPSA) is 66.9 Å². The second kappa shape index (κ2) is 8.18. The fourth-order valence-corrected chi connectivity index (χ4v) is 5.94. The van der Waals surface area contributed by atoms with Gasteiger partial charge < -0.3 is 9.64 Å². The van der Waals surface area contributed by atoms with Crippen molar-refractivity contribution in [1.29, 1.82) is 0 Å². The zero-order chi connectivity index (χ0) is 20.6. The Morgan fingerprint density at radius 1 is 1.07 bits per heavy atom. The van der Waals surface area contributed by atoms with E-state index in [4.69, 9.17) is 4.74 Å². The van der Waals surface area contributed by atoms with Crippen LogP contribution in [0.2, 0.25) is 0 Å². The molecule has 2 aliphatic rings. The van der Waals surface area contributed by atoms with Crippen molar-refractivity contribution in [2.75, 3.05) is 37.7 Å². The molecule has 4 rings (SSSR count). The molecule has 2 aliphatic heterocycles. The zero-order valence-electron chi connectivity index (χ0n) is 16.2. The van der Waals surface area contributed by atoms with Gasteiger partial charge in [0, 0.05) is 35.4 Å². The molecule has 0 radical (unpaired) electrons. The lowest BCUT2D eigenvalue weighted by Gasteiger charge is -2.30. The normalized spacial score (nSPS) is 17.8. The van der Waals surface area contributed by atoms with E-state index in [9.17, 15) is 13.2 Å². The van der Waals surface area contributed by atoms with E-state index in [2.05, 4.69) is 15.9 Å². The van der Waals surface area contributed by atoms with Crippen molar-refractivity contribution in [3.05, 3.63) is 57.6 Å². The van der Waals surface area contributed by atoms with Gasteiger partial charge in [0.1, 0.15) is 0 Å². The Balaban J connectivity index is 1.69. The zero-order valence-corrected chi connectivity index (χ0v) is 18.6. The van der Waals surface area contributed by atoms with Gasteiger partial charge in [-0.05, 0) is 61.2 Å². The molecule has 0 spiro atoms. The number of nitrogens with zero attached hydrogens (tertiary/aromatic N) is 2. The van der Waals surface area contributed by atoms with Gasteiger partial charge in [-0.15, -0.1) is 0 Å². The third-order valence-electron chi connectivity index (χ3n) is 5.43. The Labute approximate surface area is 179 Å². The first-order valence-corrected chi connectivity index (χ1v) is 11.9. The fraction of sp³-hybridized carbons (Fsp3) is 0.381. The molecular formula is C21H23BrN2O4S. The lowest BCUT2D eigenvalue weighted by atomic mass is 10.0. The Kier molecular flexibility index (Phi) is 5.79. The third-order valence-corrected chi connectivity index (χ3v) is 7.96. The molecule has 0 aliphatic carbocycles. The van der Waals surface area contributed by atoms with Gasteiger partial charge in [-0.3, -0.25) is 4.79 Å². The number of aryl methyl sites for hydroxylation is 2. The first-order valence-electron chi connectivity index (χ1n) is 9.67. The Morgan fingerprint density at radius 3 is 2.59 bits per heavy atom. The molecule has 2 heterocycles. The minimum absolute atomic E-state index is 0.174. The minimum Gasteiger partial charge on any atom is -0.379 e. The number of carbonyl (C=O) groups excluding carboxylic acids is 1. The van der Waals surface area contributed by atoms with Crippen molar-refractivity contribution in [3.63, 3.8) is 0 Å². The number of anilines is 1. The van der Waals surface area contributed by atoms with Crippen molar-refractivity contribution in [2.45, 2.75) is 24.7 Å². The van der Waals surface area contributed by atoms with Crippen LogP contribution in [0, 0.1) is 6.92 Å². The molecule has 8 heteroatoms. The molecule has 154 valence electrons. The summed E-state index contributed by atoms with van der Waals surface area (Å²) in [4.78, 5) is 15.2. The smallest absolute Gasteiger partial charge is 0.258 e. The van der Waals surface area contributed by atoms with Crippen LogP contribution in [0.25, 0.3) is 0 Å². The summed E-state index contributed by atoms with van der Waals surface area (Å²) in [7, 11) is -3.67. The molecule has 0 N–H and O–H groups in total. The lowest BCUT2D eigenvalue weighted by Crippen LogP contribution is -2.41. The van der Waals surface area contributed by atoms with Crippen LogP contribution in [0.4, 0.5) is 5.69 Å². The van der Waals surface area contributed by atoms with Gasteiger partial charge in [0.05, 0.1) is 18.1 Å². The lowest BCUT2D eigenvalue weighted by molar-refractivity contribution is 0.0730. The van der Waals surface area contributed by atoms with Crippen LogP contribution in [0.1, 0.15) is 27.9 Å². The van der Waals surface area contributed by atoms with E-state index in [1.165, 1.54) is 10.4 Å². The molecule has 1 saturated heterocycles. The van der Waals surface area contributed by atoms with Crippen molar-refractivity contribution >= 4 is 37.5 Å². The van der Waals surface area contributed by atoms with E-state index >= 15 is 0 Å². The van der Waals surface area contributed by atoms with E-state index in [0.29, 0.717) is 44.0 Å². The number of rotatable bonds is 3. The molecule has 2 aromatic carbocycles. The molecule has 0 unspecified atom stereocenters. The van der Waals surface area contributed by atoms with Crippen molar-refractivity contribution in [1.82, 2.24) is 4.31 Å². The molecule has 29 heavy (non-hydrogen) atoms. The number of benzene rings is 2. The van der Waals surface area contributed by atoms with Gasteiger partial charge in [0.25, 0.3) is 5.91 Å². The van der Waals surface area contributed by atoms with E-state index in [1.54, 1.807) is 24.0 Å². The second-order valence-electron chi connectivity index (χ2n) is 7.33. The van der Waals surface area contributed by atoms with Crippen LogP contribution >= 0.6 is 15.9 Å². The Morgan fingerprint density at radius 2 is 1.83 bits per heavy atom. The van der Waals surface area contributed by atoms with E-state index in [1.807, 2.05) is 18.2 Å². The maximum atomic E-state index is 13.3. The van der Waals surface area contributed by atoms with Gasteiger partial charge in [-0.25, -0.2) is 8.42 Å². The van der Waals surface area contributed by atoms with Gasteiger partial charge in [0.2, 0.25) is 10.0 Å². The Bertz CT molecular complexity index is 1050. The highest BCUT2D eigenvalue weighted by Gasteiger charge is 2.30. The summed E-state index contributed by atoms with van der Waals surface area (Å²) in [6, 6.07) is 10.9. The molecule has 1 fully saturated rings. The summed E-state index contributed by atoms with van der Waals surface area (Å²) in [6.45, 7) is 3.80. The van der Waals surface area contributed by atoms with Crippen molar-refractivity contribution < 1.29 is 17.9 Å². The quantitative estimate of drug-likeness (QED) is 0.677. The number of fused-ring (bicyclic) bond motifs is 1. The number of carbonyl (C=O) groups is 1. The van der Waals surface area contributed by atoms with E-state index < -0.39 is 10.0 Å². The van der Waals surface area contributed by atoms with E-state index in [0.717, 1.165) is 28.6 Å². The summed E-state index contributed by atoms with van der Waals surface area (Å²) in [6.07, 6.45) is 1.79. The van der Waals surface area contributed by atoms with Crippen molar-refractivity contribution in [3.8, 4) is 0 Å². The Hall–Kier alpha value is -1.74. The molecule has 0 atom stereocenters. The SMILES string of the molecule is Cc1ccc(C(=O)N2CCCc3cc(Br)ccc32)cc1S(=O)(=O)N1CCOCC1. The average molecular weight is 479 g/mol. The number of hydrogen-bond acceptors (Lipinski definition) is 4. The van der Waals surface area contributed by atoms with Crippen LogP contribution in [-0.2, 0) is 21.2 Å². The highest BCUT2D eigenvalue weighted by atomic mass is 79.9. The largest absolute Gasteiger partial charge is 0.379 e. The van der Waals surface area contributed by atoms with Gasteiger partial charge in [-0.2, -0.15) is 4.31 Å². The number of amides is 1.